The standard InChI is InChI=1S/C20H16F3N3O2/c1-26(18-11-10-17(24-25-18)15-7-3-2-4-8-15)19(27)13-14-6-5-9-16(12-14)28-20(21,22)23/h2-12H,13H2,1H3. The van der Waals surface area contributed by atoms with Gasteiger partial charge in [0.1, 0.15) is 5.75 Å². The number of amides is 1. The zero-order valence-electron chi connectivity index (χ0n) is 14.8. The monoisotopic (exact) mass is 387 g/mol. The molecule has 0 aliphatic heterocycles. The SMILES string of the molecule is CN(C(=O)Cc1cccc(OC(F)(F)F)c1)c1ccc(-c2ccccc2)nn1. The van der Waals surface area contributed by atoms with Crippen LogP contribution < -0.4 is 9.64 Å². The Bertz CT molecular complexity index is 945. The van der Waals surface area contributed by atoms with Gasteiger partial charge < -0.3 is 4.74 Å². The molecule has 0 atom stereocenters. The van der Waals surface area contributed by atoms with Crippen molar-refractivity contribution in [3.05, 3.63) is 72.3 Å². The normalized spacial score (nSPS) is 11.1. The second-order valence-corrected chi connectivity index (χ2v) is 5.97. The molecule has 0 saturated carbocycles. The topological polar surface area (TPSA) is 55.3 Å². The van der Waals surface area contributed by atoms with Crippen LogP contribution in [0.25, 0.3) is 11.3 Å². The Morgan fingerprint density at radius 3 is 2.39 bits per heavy atom. The van der Waals surface area contributed by atoms with Crippen LogP contribution in [-0.4, -0.2) is 29.5 Å². The lowest BCUT2D eigenvalue weighted by Crippen LogP contribution is -2.28. The van der Waals surface area contributed by atoms with E-state index in [-0.39, 0.29) is 18.1 Å². The van der Waals surface area contributed by atoms with E-state index in [9.17, 15) is 18.0 Å². The molecule has 0 fully saturated rings. The fourth-order valence-electron chi connectivity index (χ4n) is 2.54. The van der Waals surface area contributed by atoms with Gasteiger partial charge in [-0.15, -0.1) is 23.4 Å². The summed E-state index contributed by atoms with van der Waals surface area (Å²) in [5.74, 6) is -0.370. The summed E-state index contributed by atoms with van der Waals surface area (Å²) in [6.07, 6.45) is -4.89. The number of nitrogens with zero attached hydrogens (tertiary/aromatic N) is 3. The fourth-order valence-corrected chi connectivity index (χ4v) is 2.54. The van der Waals surface area contributed by atoms with Crippen molar-refractivity contribution in [2.24, 2.45) is 0 Å². The zero-order valence-corrected chi connectivity index (χ0v) is 14.8. The Morgan fingerprint density at radius 2 is 1.75 bits per heavy atom. The van der Waals surface area contributed by atoms with E-state index in [2.05, 4.69) is 14.9 Å². The van der Waals surface area contributed by atoms with E-state index >= 15 is 0 Å². The summed E-state index contributed by atoms with van der Waals surface area (Å²) < 4.78 is 40.9. The van der Waals surface area contributed by atoms with Crippen molar-refractivity contribution in [2.45, 2.75) is 12.8 Å². The predicted octanol–water partition coefficient (Wildman–Crippen LogP) is 4.25. The minimum atomic E-state index is -4.78. The third-order valence-electron chi connectivity index (χ3n) is 3.93. The van der Waals surface area contributed by atoms with E-state index < -0.39 is 6.36 Å². The van der Waals surface area contributed by atoms with Gasteiger partial charge in [0, 0.05) is 12.6 Å². The smallest absolute Gasteiger partial charge is 0.406 e. The number of carbonyl (C=O) groups excluding carboxylic acids is 1. The van der Waals surface area contributed by atoms with Crippen molar-refractivity contribution >= 4 is 11.7 Å². The molecule has 2 aromatic carbocycles. The molecule has 0 saturated heterocycles. The van der Waals surface area contributed by atoms with Crippen LogP contribution >= 0.6 is 0 Å². The summed E-state index contributed by atoms with van der Waals surface area (Å²) in [6.45, 7) is 0. The summed E-state index contributed by atoms with van der Waals surface area (Å²) in [7, 11) is 1.53. The molecule has 0 radical (unpaired) electrons. The van der Waals surface area contributed by atoms with Gasteiger partial charge >= 0.3 is 6.36 Å². The number of benzene rings is 2. The molecule has 5 nitrogen and oxygen atoms in total. The van der Waals surface area contributed by atoms with E-state index in [4.69, 9.17) is 0 Å². The average molecular weight is 387 g/mol. The Kier molecular flexibility index (Phi) is 5.58. The van der Waals surface area contributed by atoms with Crippen LogP contribution in [0.3, 0.4) is 0 Å². The highest BCUT2D eigenvalue weighted by Crippen LogP contribution is 2.24. The number of aromatic nitrogens is 2. The largest absolute Gasteiger partial charge is 0.573 e. The quantitative estimate of drug-likeness (QED) is 0.657. The maximum absolute atomic E-state index is 12.5. The molecule has 144 valence electrons. The maximum Gasteiger partial charge on any atom is 0.573 e. The first kappa shape index (κ1) is 19.3. The van der Waals surface area contributed by atoms with Gasteiger partial charge in [0.2, 0.25) is 5.91 Å². The van der Waals surface area contributed by atoms with Crippen molar-refractivity contribution in [1.82, 2.24) is 10.2 Å². The first-order valence-corrected chi connectivity index (χ1v) is 8.32. The molecule has 28 heavy (non-hydrogen) atoms. The summed E-state index contributed by atoms with van der Waals surface area (Å²) in [5, 5.41) is 8.19. The Morgan fingerprint density at radius 1 is 1.00 bits per heavy atom. The third kappa shape index (κ3) is 5.06. The van der Waals surface area contributed by atoms with Crippen molar-refractivity contribution in [2.75, 3.05) is 11.9 Å². The predicted molar refractivity (Wildman–Crippen MR) is 97.7 cm³/mol. The molecule has 1 amide bonds. The molecule has 1 aromatic heterocycles. The second-order valence-electron chi connectivity index (χ2n) is 5.97. The van der Waals surface area contributed by atoms with Crippen LogP contribution in [0.15, 0.2) is 66.7 Å². The number of alkyl halides is 3. The molecule has 3 rings (SSSR count). The lowest BCUT2D eigenvalue weighted by atomic mass is 10.1. The number of likely N-dealkylation sites (N-methyl/N-ethyl adjacent to an activating group) is 1. The van der Waals surface area contributed by atoms with E-state index in [1.807, 2.05) is 30.3 Å². The number of hydrogen-bond acceptors (Lipinski definition) is 4. The van der Waals surface area contributed by atoms with Gasteiger partial charge in [0.05, 0.1) is 12.1 Å². The molecule has 0 spiro atoms. The van der Waals surface area contributed by atoms with Crippen molar-refractivity contribution in [3.8, 4) is 17.0 Å². The molecule has 3 aromatic rings. The van der Waals surface area contributed by atoms with E-state index in [0.29, 0.717) is 17.1 Å². The van der Waals surface area contributed by atoms with E-state index in [0.717, 1.165) is 5.56 Å². The number of carbonyl (C=O) groups is 1. The molecule has 1 heterocycles. The number of halogens is 3. The van der Waals surface area contributed by atoms with Gasteiger partial charge in [-0.3, -0.25) is 9.69 Å². The number of anilines is 1. The van der Waals surface area contributed by atoms with Gasteiger partial charge in [0.25, 0.3) is 0 Å². The summed E-state index contributed by atoms with van der Waals surface area (Å²) in [6, 6.07) is 18.2. The van der Waals surface area contributed by atoms with Crippen LogP contribution in [-0.2, 0) is 11.2 Å². The first-order chi connectivity index (χ1) is 13.3. The zero-order chi connectivity index (χ0) is 20.1. The highest BCUT2D eigenvalue weighted by Gasteiger charge is 2.31. The molecule has 0 N–H and O–H groups in total. The van der Waals surface area contributed by atoms with Crippen molar-refractivity contribution < 1.29 is 22.7 Å². The van der Waals surface area contributed by atoms with Crippen LogP contribution in [0.1, 0.15) is 5.56 Å². The Hall–Kier alpha value is -3.42. The summed E-state index contributed by atoms with van der Waals surface area (Å²) in [4.78, 5) is 13.8. The minimum Gasteiger partial charge on any atom is -0.406 e. The summed E-state index contributed by atoms with van der Waals surface area (Å²) >= 11 is 0. The van der Waals surface area contributed by atoms with E-state index in [1.54, 1.807) is 18.2 Å². The van der Waals surface area contributed by atoms with Crippen LogP contribution in [0.5, 0.6) is 5.75 Å². The second kappa shape index (κ2) is 8.08. The van der Waals surface area contributed by atoms with Gasteiger partial charge in [-0.2, -0.15) is 0 Å². The molecule has 8 heteroatoms. The molecular weight excluding hydrogens is 371 g/mol. The van der Waals surface area contributed by atoms with Gasteiger partial charge in [-0.1, -0.05) is 42.5 Å². The summed E-state index contributed by atoms with van der Waals surface area (Å²) in [5.41, 5.74) is 1.96. The average Bonchev–Trinajstić information content (AvgIpc) is 2.67. The van der Waals surface area contributed by atoms with Crippen LogP contribution in [0.2, 0.25) is 0 Å². The lowest BCUT2D eigenvalue weighted by Gasteiger charge is -2.16. The molecular formula is C20H16F3N3O2. The Labute approximate surface area is 159 Å². The Balaban J connectivity index is 1.68. The van der Waals surface area contributed by atoms with Crippen LogP contribution in [0, 0.1) is 0 Å². The molecule has 0 unspecified atom stereocenters. The molecule has 0 aliphatic rings. The number of ether oxygens (including phenoxy) is 1. The minimum absolute atomic E-state index is 0.103. The first-order valence-electron chi connectivity index (χ1n) is 8.32. The molecule has 0 aliphatic carbocycles. The van der Waals surface area contributed by atoms with Crippen molar-refractivity contribution in [1.29, 1.82) is 0 Å². The van der Waals surface area contributed by atoms with Gasteiger partial charge in [-0.25, -0.2) is 0 Å². The highest BCUT2D eigenvalue weighted by molar-refractivity contribution is 5.93. The number of rotatable bonds is 5. The van der Waals surface area contributed by atoms with E-state index in [1.165, 1.54) is 30.1 Å². The lowest BCUT2D eigenvalue weighted by molar-refractivity contribution is -0.274. The number of hydrogen-bond donors (Lipinski definition) is 0. The van der Waals surface area contributed by atoms with Gasteiger partial charge in [-0.05, 0) is 29.8 Å². The van der Waals surface area contributed by atoms with Crippen LogP contribution in [0.4, 0.5) is 19.0 Å². The fraction of sp³-hybridized carbons (Fsp3) is 0.150. The molecule has 0 bridgehead atoms. The van der Waals surface area contributed by atoms with Crippen molar-refractivity contribution in [3.63, 3.8) is 0 Å². The maximum atomic E-state index is 12.5. The van der Waals surface area contributed by atoms with Gasteiger partial charge in [0.15, 0.2) is 5.82 Å². The third-order valence-corrected chi connectivity index (χ3v) is 3.93. The highest BCUT2D eigenvalue weighted by atomic mass is 19.4.